The van der Waals surface area contributed by atoms with Gasteiger partial charge in [0.1, 0.15) is 0 Å². The molecule has 1 aliphatic heterocycles. The predicted octanol–water partition coefficient (Wildman–Crippen LogP) is 0.121. The van der Waals surface area contributed by atoms with Crippen LogP contribution >= 0.6 is 0 Å². The molecule has 0 aliphatic carbocycles. The van der Waals surface area contributed by atoms with Crippen molar-refractivity contribution in [1.29, 1.82) is 0 Å². The average Bonchev–Trinajstić information content (AvgIpc) is 2.90. The molecule has 0 spiro atoms. The molecule has 1 saturated heterocycles. The second-order valence-electron chi connectivity index (χ2n) is 5.22. The number of primary amides is 1. The van der Waals surface area contributed by atoms with Crippen LogP contribution in [-0.4, -0.2) is 49.6 Å². The highest BCUT2D eigenvalue weighted by molar-refractivity contribution is 5.93. The minimum absolute atomic E-state index is 0.0349. The summed E-state index contributed by atoms with van der Waals surface area (Å²) in [5.74, 6) is -0.436. The van der Waals surface area contributed by atoms with Gasteiger partial charge in [-0.1, -0.05) is 12.1 Å². The third-order valence-electron chi connectivity index (χ3n) is 3.86. The van der Waals surface area contributed by atoms with E-state index in [1.165, 1.54) is 0 Å². The van der Waals surface area contributed by atoms with Gasteiger partial charge in [0.05, 0.1) is 12.1 Å². The van der Waals surface area contributed by atoms with Crippen LogP contribution in [0.2, 0.25) is 0 Å². The molecule has 114 valence electrons. The molecule has 1 aromatic carbocycles. The summed E-state index contributed by atoms with van der Waals surface area (Å²) in [6.07, 6.45) is 0.662. The van der Waals surface area contributed by atoms with Crippen LogP contribution in [0, 0.1) is 0 Å². The lowest BCUT2D eigenvalue weighted by Gasteiger charge is -2.21. The van der Waals surface area contributed by atoms with E-state index in [0.717, 1.165) is 5.56 Å². The molecule has 0 radical (unpaired) electrons. The van der Waals surface area contributed by atoms with Crippen LogP contribution in [0.3, 0.4) is 0 Å². The van der Waals surface area contributed by atoms with E-state index in [2.05, 4.69) is 5.32 Å². The molecule has 2 amide bonds. The van der Waals surface area contributed by atoms with Gasteiger partial charge in [0.25, 0.3) is 5.91 Å². The molecular weight excluding hydrogens is 270 g/mol. The number of nitrogens with two attached hydrogens (primary N) is 1. The topological polar surface area (TPSA) is 84.7 Å². The molecule has 0 unspecified atom stereocenters. The normalized spacial score (nSPS) is 22.2. The van der Waals surface area contributed by atoms with Crippen molar-refractivity contribution < 1.29 is 14.3 Å². The maximum atomic E-state index is 11.5. The predicted molar refractivity (Wildman–Crippen MR) is 78.6 cm³/mol. The monoisotopic (exact) mass is 291 g/mol. The number of nitrogens with zero attached hydrogens (tertiary/aromatic N) is 1. The summed E-state index contributed by atoms with van der Waals surface area (Å²) in [5, 5.41) is 2.58. The van der Waals surface area contributed by atoms with Crippen molar-refractivity contribution in [2.24, 2.45) is 5.73 Å². The largest absolute Gasteiger partial charge is 0.380 e. The van der Waals surface area contributed by atoms with Gasteiger partial charge in [-0.25, -0.2) is 0 Å². The minimum Gasteiger partial charge on any atom is -0.380 e. The third kappa shape index (κ3) is 3.59. The Balaban J connectivity index is 2.06. The van der Waals surface area contributed by atoms with Gasteiger partial charge in [-0.15, -0.1) is 0 Å². The first-order valence-electron chi connectivity index (χ1n) is 6.92. The molecule has 21 heavy (non-hydrogen) atoms. The molecule has 1 aliphatic rings. The Morgan fingerprint density at radius 2 is 2.05 bits per heavy atom. The zero-order chi connectivity index (χ0) is 15.4. The van der Waals surface area contributed by atoms with Crippen LogP contribution in [-0.2, 0) is 16.1 Å². The highest BCUT2D eigenvalue weighted by Crippen LogP contribution is 2.22. The number of nitrogens with one attached hydrogen (secondary N) is 1. The first-order valence-corrected chi connectivity index (χ1v) is 6.92. The van der Waals surface area contributed by atoms with E-state index in [-0.39, 0.29) is 24.0 Å². The lowest BCUT2D eigenvalue weighted by atomic mass is 10.1. The number of benzene rings is 1. The molecule has 1 fully saturated rings. The molecule has 6 nitrogen and oxygen atoms in total. The fraction of sp³-hybridized carbons (Fsp3) is 0.467. The fourth-order valence-electron chi connectivity index (χ4n) is 2.64. The van der Waals surface area contributed by atoms with Crippen LogP contribution < -0.4 is 11.1 Å². The first-order chi connectivity index (χ1) is 10.0. The van der Waals surface area contributed by atoms with Crippen LogP contribution in [0.1, 0.15) is 22.3 Å². The number of amides is 2. The van der Waals surface area contributed by atoms with E-state index < -0.39 is 0 Å². The average molecular weight is 291 g/mol. The Bertz CT molecular complexity index is 515. The van der Waals surface area contributed by atoms with Crippen molar-refractivity contribution in [3.63, 3.8) is 0 Å². The molecule has 0 saturated carbocycles. The van der Waals surface area contributed by atoms with Gasteiger partial charge in [-0.05, 0) is 24.1 Å². The quantitative estimate of drug-likeness (QED) is 0.807. The number of likely N-dealkylation sites (tertiary alicyclic amines) is 1. The highest BCUT2D eigenvalue weighted by Gasteiger charge is 2.35. The Labute approximate surface area is 124 Å². The molecule has 2 atom stereocenters. The second kappa shape index (κ2) is 6.69. The SMILES string of the molecule is CNC(=O)c1ccc(CN2C[C@@H](OC)C[C@H]2C(N)=O)cc1. The van der Waals surface area contributed by atoms with E-state index in [0.29, 0.717) is 25.1 Å². The van der Waals surface area contributed by atoms with Crippen LogP contribution in [0.15, 0.2) is 24.3 Å². The van der Waals surface area contributed by atoms with Crippen molar-refractivity contribution in [1.82, 2.24) is 10.2 Å². The van der Waals surface area contributed by atoms with Gasteiger partial charge in [-0.2, -0.15) is 0 Å². The van der Waals surface area contributed by atoms with E-state index in [4.69, 9.17) is 10.5 Å². The molecule has 3 N–H and O–H groups in total. The molecular formula is C15H21N3O3. The number of rotatable bonds is 5. The molecule has 1 aromatic rings. The number of ether oxygens (including phenoxy) is 1. The van der Waals surface area contributed by atoms with Crippen molar-refractivity contribution >= 4 is 11.8 Å². The van der Waals surface area contributed by atoms with Crippen LogP contribution in [0.25, 0.3) is 0 Å². The van der Waals surface area contributed by atoms with Crippen molar-refractivity contribution in [3.8, 4) is 0 Å². The Morgan fingerprint density at radius 3 is 2.57 bits per heavy atom. The fourth-order valence-corrected chi connectivity index (χ4v) is 2.64. The van der Waals surface area contributed by atoms with E-state index in [1.54, 1.807) is 26.3 Å². The summed E-state index contributed by atoms with van der Waals surface area (Å²) in [7, 11) is 3.24. The zero-order valence-corrected chi connectivity index (χ0v) is 12.3. The lowest BCUT2D eigenvalue weighted by molar-refractivity contribution is -0.122. The molecule has 1 heterocycles. The summed E-state index contributed by atoms with van der Waals surface area (Å²) in [6, 6.07) is 7.04. The van der Waals surface area contributed by atoms with Gasteiger partial charge in [0, 0.05) is 32.8 Å². The summed E-state index contributed by atoms with van der Waals surface area (Å²) >= 11 is 0. The van der Waals surface area contributed by atoms with E-state index >= 15 is 0 Å². The van der Waals surface area contributed by atoms with Gasteiger partial charge in [-0.3, -0.25) is 14.5 Å². The molecule has 0 bridgehead atoms. The van der Waals surface area contributed by atoms with E-state index in [9.17, 15) is 9.59 Å². The van der Waals surface area contributed by atoms with Gasteiger partial charge < -0.3 is 15.8 Å². The lowest BCUT2D eigenvalue weighted by Crippen LogP contribution is -2.39. The Morgan fingerprint density at radius 1 is 1.38 bits per heavy atom. The highest BCUT2D eigenvalue weighted by atomic mass is 16.5. The summed E-state index contributed by atoms with van der Waals surface area (Å²) < 4.78 is 5.32. The maximum absolute atomic E-state index is 11.5. The smallest absolute Gasteiger partial charge is 0.251 e. The second-order valence-corrected chi connectivity index (χ2v) is 5.22. The zero-order valence-electron chi connectivity index (χ0n) is 12.3. The maximum Gasteiger partial charge on any atom is 0.251 e. The van der Waals surface area contributed by atoms with Gasteiger partial charge in [0.15, 0.2) is 0 Å². The van der Waals surface area contributed by atoms with Crippen molar-refractivity contribution in [2.45, 2.75) is 25.1 Å². The first kappa shape index (κ1) is 15.5. The van der Waals surface area contributed by atoms with Crippen molar-refractivity contribution in [3.05, 3.63) is 35.4 Å². The van der Waals surface area contributed by atoms with Crippen molar-refractivity contribution in [2.75, 3.05) is 20.7 Å². The van der Waals surface area contributed by atoms with E-state index in [1.807, 2.05) is 17.0 Å². The number of methoxy groups -OCH3 is 1. The number of hydrogen-bond acceptors (Lipinski definition) is 4. The molecule has 6 heteroatoms. The van der Waals surface area contributed by atoms with Crippen LogP contribution in [0.5, 0.6) is 0 Å². The van der Waals surface area contributed by atoms with Crippen LogP contribution in [0.4, 0.5) is 0 Å². The standard InChI is InChI=1S/C15H21N3O3/c1-17-15(20)11-5-3-10(4-6-11)8-18-9-12(21-2)7-13(18)14(16)19/h3-6,12-13H,7-9H2,1-2H3,(H2,16,19)(H,17,20)/t12-,13-/m0/s1. The number of hydrogen-bond donors (Lipinski definition) is 2. The number of carbonyl (C=O) groups excluding carboxylic acids is 2. The van der Waals surface area contributed by atoms with Gasteiger partial charge >= 0.3 is 0 Å². The molecule has 0 aromatic heterocycles. The Hall–Kier alpha value is -1.92. The minimum atomic E-state index is -0.323. The summed E-state index contributed by atoms with van der Waals surface area (Å²) in [6.45, 7) is 1.29. The number of carbonyl (C=O) groups is 2. The Kier molecular flexibility index (Phi) is 4.93. The van der Waals surface area contributed by atoms with Gasteiger partial charge in [0.2, 0.25) is 5.91 Å². The summed E-state index contributed by atoms with van der Waals surface area (Å²) in [5.41, 5.74) is 7.10. The molecule has 2 rings (SSSR count). The summed E-state index contributed by atoms with van der Waals surface area (Å²) in [4.78, 5) is 25.0. The third-order valence-corrected chi connectivity index (χ3v) is 3.86.